The zero-order chi connectivity index (χ0) is 24.9. The van der Waals surface area contributed by atoms with Crippen molar-refractivity contribution in [3.05, 3.63) is 54.1 Å². The highest BCUT2D eigenvalue weighted by atomic mass is 32.2. The van der Waals surface area contributed by atoms with Gasteiger partial charge >= 0.3 is 0 Å². The van der Waals surface area contributed by atoms with Gasteiger partial charge in [-0.3, -0.25) is 9.59 Å². The first kappa shape index (κ1) is 25.5. The molecule has 1 atom stereocenters. The summed E-state index contributed by atoms with van der Waals surface area (Å²) in [5, 5.41) is 2.83. The molecule has 0 saturated carbocycles. The molecule has 0 radical (unpaired) electrons. The van der Waals surface area contributed by atoms with Crippen LogP contribution in [0.5, 0.6) is 11.5 Å². The van der Waals surface area contributed by atoms with Gasteiger partial charge in [-0.1, -0.05) is 32.0 Å². The third kappa shape index (κ3) is 5.51. The summed E-state index contributed by atoms with van der Waals surface area (Å²) in [6.45, 7) is 4.50. The summed E-state index contributed by atoms with van der Waals surface area (Å²) in [7, 11) is -0.844. The van der Waals surface area contributed by atoms with E-state index in [0.717, 1.165) is 0 Å². The molecule has 0 bridgehead atoms. The Bertz CT molecular complexity index is 1110. The number of benzene rings is 2. The summed E-state index contributed by atoms with van der Waals surface area (Å²) in [6.07, 6.45) is 0. The number of ether oxygens (including phenoxy) is 2. The lowest BCUT2D eigenvalue weighted by molar-refractivity contribution is -0.135. The molecular formula is C24H31N3O6S. The number of sulfonamides is 1. The number of nitrogens with one attached hydrogen (secondary N) is 1. The molecule has 1 aliphatic heterocycles. The van der Waals surface area contributed by atoms with E-state index in [9.17, 15) is 18.0 Å². The van der Waals surface area contributed by atoms with Crippen LogP contribution in [0.15, 0.2) is 53.4 Å². The molecule has 3 rings (SSSR count). The molecule has 2 amide bonds. The smallest absolute Gasteiger partial charge is 0.251 e. The lowest BCUT2D eigenvalue weighted by Crippen LogP contribution is -2.57. The summed E-state index contributed by atoms with van der Waals surface area (Å²) in [5.74, 6) is 0.0962. The van der Waals surface area contributed by atoms with E-state index in [4.69, 9.17) is 9.47 Å². The number of amides is 2. The van der Waals surface area contributed by atoms with E-state index < -0.39 is 16.1 Å². The van der Waals surface area contributed by atoms with E-state index in [1.54, 1.807) is 35.2 Å². The van der Waals surface area contributed by atoms with Gasteiger partial charge in [-0.15, -0.1) is 0 Å². The molecule has 1 aliphatic rings. The Morgan fingerprint density at radius 3 is 2.09 bits per heavy atom. The Hall–Kier alpha value is -3.11. The summed E-state index contributed by atoms with van der Waals surface area (Å²) in [4.78, 5) is 27.5. The van der Waals surface area contributed by atoms with Gasteiger partial charge in [0, 0.05) is 37.8 Å². The third-order valence-corrected chi connectivity index (χ3v) is 7.69. The zero-order valence-corrected chi connectivity index (χ0v) is 20.7. The first-order valence-electron chi connectivity index (χ1n) is 11.1. The highest BCUT2D eigenvalue weighted by Crippen LogP contribution is 2.31. The van der Waals surface area contributed by atoms with Crippen molar-refractivity contribution < 1.29 is 27.5 Å². The number of hydrogen-bond acceptors (Lipinski definition) is 6. The minimum absolute atomic E-state index is 0.0973. The van der Waals surface area contributed by atoms with Crippen LogP contribution >= 0.6 is 0 Å². The highest BCUT2D eigenvalue weighted by Gasteiger charge is 2.34. The van der Waals surface area contributed by atoms with Crippen LogP contribution in [0, 0.1) is 5.92 Å². The molecule has 34 heavy (non-hydrogen) atoms. The summed E-state index contributed by atoms with van der Waals surface area (Å²) in [6, 6.07) is 12.5. The highest BCUT2D eigenvalue weighted by molar-refractivity contribution is 7.89. The number of rotatable bonds is 8. The van der Waals surface area contributed by atoms with Crippen molar-refractivity contribution in [2.45, 2.75) is 24.8 Å². The van der Waals surface area contributed by atoms with E-state index >= 15 is 0 Å². The van der Waals surface area contributed by atoms with E-state index in [1.807, 2.05) is 19.9 Å². The van der Waals surface area contributed by atoms with Crippen LogP contribution in [-0.4, -0.2) is 75.9 Å². The number of carbonyl (C=O) groups excluding carboxylic acids is 2. The lowest BCUT2D eigenvalue weighted by Gasteiger charge is -2.36. The lowest BCUT2D eigenvalue weighted by atomic mass is 10.0. The van der Waals surface area contributed by atoms with E-state index in [-0.39, 0.29) is 48.8 Å². The largest absolute Gasteiger partial charge is 0.493 e. The molecule has 0 spiro atoms. The van der Waals surface area contributed by atoms with Crippen molar-refractivity contribution in [1.82, 2.24) is 14.5 Å². The van der Waals surface area contributed by atoms with Gasteiger partial charge in [-0.25, -0.2) is 8.42 Å². The molecular weight excluding hydrogens is 458 g/mol. The van der Waals surface area contributed by atoms with Gasteiger partial charge in [0.15, 0.2) is 11.5 Å². The first-order valence-corrected chi connectivity index (χ1v) is 12.5. The van der Waals surface area contributed by atoms with E-state index in [2.05, 4.69) is 5.32 Å². The van der Waals surface area contributed by atoms with Crippen LogP contribution in [0.25, 0.3) is 0 Å². The molecule has 2 aromatic carbocycles. The second kappa shape index (κ2) is 10.9. The van der Waals surface area contributed by atoms with Crippen molar-refractivity contribution in [3.63, 3.8) is 0 Å². The molecule has 0 aliphatic carbocycles. The quantitative estimate of drug-likeness (QED) is 0.608. The minimum atomic E-state index is -3.77. The van der Waals surface area contributed by atoms with Crippen molar-refractivity contribution in [2.75, 3.05) is 40.4 Å². The predicted molar refractivity (Wildman–Crippen MR) is 127 cm³/mol. The Balaban J connectivity index is 1.67. The van der Waals surface area contributed by atoms with Crippen molar-refractivity contribution in [2.24, 2.45) is 5.92 Å². The average molecular weight is 490 g/mol. The molecule has 0 unspecified atom stereocenters. The standard InChI is InChI=1S/C24H31N3O6S/c1-17(2)22(25-23(28)18-8-6-5-7-9-18)24(29)26-12-14-27(15-13-26)34(30,31)19-10-11-20(32-3)21(16-19)33-4/h5-11,16-17,22H,12-15H2,1-4H3,(H,25,28)/t22-/m0/s1. The van der Waals surface area contributed by atoms with E-state index in [0.29, 0.717) is 17.1 Å². The van der Waals surface area contributed by atoms with Crippen LogP contribution in [0.3, 0.4) is 0 Å². The SMILES string of the molecule is COc1ccc(S(=O)(=O)N2CCN(C(=O)[C@@H](NC(=O)c3ccccc3)C(C)C)CC2)cc1OC. The van der Waals surface area contributed by atoms with E-state index in [1.165, 1.54) is 30.7 Å². The summed E-state index contributed by atoms with van der Waals surface area (Å²) < 4.78 is 38.0. The van der Waals surface area contributed by atoms with Crippen LogP contribution in [0.2, 0.25) is 0 Å². The Morgan fingerprint density at radius 2 is 1.53 bits per heavy atom. The maximum atomic E-state index is 13.2. The molecule has 184 valence electrons. The second-order valence-electron chi connectivity index (χ2n) is 8.31. The van der Waals surface area contributed by atoms with Gasteiger partial charge < -0.3 is 19.7 Å². The van der Waals surface area contributed by atoms with Gasteiger partial charge in [0.25, 0.3) is 5.91 Å². The summed E-state index contributed by atoms with van der Waals surface area (Å²) >= 11 is 0. The molecule has 2 aromatic rings. The number of nitrogens with zero attached hydrogens (tertiary/aromatic N) is 2. The minimum Gasteiger partial charge on any atom is -0.493 e. The first-order chi connectivity index (χ1) is 16.2. The Kier molecular flexibility index (Phi) is 8.16. The van der Waals surface area contributed by atoms with Crippen LogP contribution in [0.1, 0.15) is 24.2 Å². The van der Waals surface area contributed by atoms with Crippen LogP contribution < -0.4 is 14.8 Å². The monoisotopic (exact) mass is 489 g/mol. The Morgan fingerprint density at radius 1 is 0.912 bits per heavy atom. The van der Waals surface area contributed by atoms with Crippen LogP contribution in [-0.2, 0) is 14.8 Å². The second-order valence-corrected chi connectivity index (χ2v) is 10.2. The van der Waals surface area contributed by atoms with Crippen molar-refractivity contribution in [3.8, 4) is 11.5 Å². The normalized spacial score (nSPS) is 15.6. The number of hydrogen-bond donors (Lipinski definition) is 1. The van der Waals surface area contributed by atoms with Crippen molar-refractivity contribution >= 4 is 21.8 Å². The van der Waals surface area contributed by atoms with Crippen molar-refractivity contribution in [1.29, 1.82) is 0 Å². The maximum absolute atomic E-state index is 13.2. The third-order valence-electron chi connectivity index (χ3n) is 5.80. The fourth-order valence-corrected chi connectivity index (χ4v) is 5.24. The zero-order valence-electron chi connectivity index (χ0n) is 19.9. The predicted octanol–water partition coefficient (Wildman–Crippen LogP) is 1.99. The number of carbonyl (C=O) groups is 2. The molecule has 9 nitrogen and oxygen atoms in total. The molecule has 1 heterocycles. The Labute approximate surface area is 200 Å². The van der Waals surface area contributed by atoms with Gasteiger partial charge in [-0.2, -0.15) is 4.31 Å². The van der Waals surface area contributed by atoms with Gasteiger partial charge in [0.1, 0.15) is 6.04 Å². The summed E-state index contributed by atoms with van der Waals surface area (Å²) in [5.41, 5.74) is 0.479. The maximum Gasteiger partial charge on any atom is 0.251 e. The van der Waals surface area contributed by atoms with Gasteiger partial charge in [0.2, 0.25) is 15.9 Å². The molecule has 10 heteroatoms. The fourth-order valence-electron chi connectivity index (χ4n) is 3.80. The number of piperazine rings is 1. The van der Waals surface area contributed by atoms with Gasteiger partial charge in [-0.05, 0) is 30.2 Å². The molecule has 1 N–H and O–H groups in total. The van der Waals surface area contributed by atoms with Crippen LogP contribution in [0.4, 0.5) is 0 Å². The average Bonchev–Trinajstić information content (AvgIpc) is 2.86. The molecule has 1 saturated heterocycles. The molecule has 1 fully saturated rings. The number of methoxy groups -OCH3 is 2. The van der Waals surface area contributed by atoms with Gasteiger partial charge in [0.05, 0.1) is 19.1 Å². The molecule has 0 aromatic heterocycles. The fraction of sp³-hybridized carbons (Fsp3) is 0.417. The topological polar surface area (TPSA) is 105 Å².